The van der Waals surface area contributed by atoms with Crippen LogP contribution in [0.15, 0.2) is 9.79 Å². The summed E-state index contributed by atoms with van der Waals surface area (Å²) in [6.45, 7) is 19.3. The van der Waals surface area contributed by atoms with E-state index >= 15 is 0 Å². The van der Waals surface area contributed by atoms with Gasteiger partial charge in [0.1, 0.15) is 22.7 Å². The molecule has 0 bridgehead atoms. The highest BCUT2D eigenvalue weighted by Crippen LogP contribution is 2.44. The van der Waals surface area contributed by atoms with Gasteiger partial charge in [0.25, 0.3) is 20.0 Å². The third-order valence-electron chi connectivity index (χ3n) is 9.83. The Kier molecular flexibility index (Phi) is 9.42. The van der Waals surface area contributed by atoms with Gasteiger partial charge in [-0.05, 0) is 152 Å². The Labute approximate surface area is 275 Å². The van der Waals surface area contributed by atoms with Crippen molar-refractivity contribution >= 4 is 20.0 Å². The molecule has 2 aromatic carbocycles. The molecule has 0 aliphatic carbocycles. The fraction of sp³-hybridized carbons (Fsp3) is 0.647. The van der Waals surface area contributed by atoms with Crippen molar-refractivity contribution in [3.8, 4) is 11.5 Å². The van der Waals surface area contributed by atoms with Gasteiger partial charge in [0, 0.05) is 13.1 Å². The minimum absolute atomic E-state index is 0.0413. The Morgan fingerprint density at radius 1 is 0.543 bits per heavy atom. The SMILES string of the molecule is Cc1c(C)c(S(=O)(=O)N2CCCN(S(=O)(=O)c3c(C)c(C)c4c(c3C)CCC(C)(C)O4)OCCCO2)c(C)c2c1OC(C)(C)CC2. The predicted octanol–water partition coefficient (Wildman–Crippen LogP) is 6.08. The molecule has 0 unspecified atom stereocenters. The zero-order valence-corrected chi connectivity index (χ0v) is 30.7. The van der Waals surface area contributed by atoms with Crippen LogP contribution in [0.5, 0.6) is 11.5 Å². The number of sulfonamides is 2. The topological polar surface area (TPSA) is 112 Å². The van der Waals surface area contributed by atoms with Crippen LogP contribution in [-0.2, 0) is 42.6 Å². The van der Waals surface area contributed by atoms with Gasteiger partial charge in [-0.15, -0.1) is 0 Å². The maximum Gasteiger partial charge on any atom is 0.265 e. The van der Waals surface area contributed by atoms with E-state index in [-0.39, 0.29) is 53.7 Å². The van der Waals surface area contributed by atoms with E-state index in [1.165, 1.54) is 0 Å². The van der Waals surface area contributed by atoms with E-state index in [2.05, 4.69) is 0 Å². The number of hydrogen-bond acceptors (Lipinski definition) is 8. The Hall–Kier alpha value is -2.22. The van der Waals surface area contributed by atoms with Crippen LogP contribution in [0.3, 0.4) is 0 Å². The molecule has 256 valence electrons. The summed E-state index contributed by atoms with van der Waals surface area (Å²) >= 11 is 0. The zero-order valence-electron chi connectivity index (χ0n) is 29.0. The van der Waals surface area contributed by atoms with E-state index in [0.717, 1.165) is 55.5 Å². The molecule has 46 heavy (non-hydrogen) atoms. The molecule has 12 heteroatoms. The van der Waals surface area contributed by atoms with Crippen molar-refractivity contribution in [1.29, 1.82) is 0 Å². The standard InChI is InChI=1S/C34H50N2O8S2/c1-21-23(3)31(25(5)27-13-15-33(7,8)43-29(21)27)45(37,38)35-17-11-18-36(42-20-12-19-41-35)46(39,40)32-24(4)22(2)30-28(26(32)6)14-16-34(9,10)44-30/h11-20H2,1-10H3. The van der Waals surface area contributed by atoms with Crippen LogP contribution >= 0.6 is 0 Å². The average molecular weight is 679 g/mol. The summed E-state index contributed by atoms with van der Waals surface area (Å²) in [5.41, 5.74) is 5.37. The highest BCUT2D eigenvalue weighted by atomic mass is 32.2. The van der Waals surface area contributed by atoms with Crippen LogP contribution in [0.1, 0.15) is 97.9 Å². The van der Waals surface area contributed by atoms with Gasteiger partial charge in [-0.3, -0.25) is 9.68 Å². The lowest BCUT2D eigenvalue weighted by atomic mass is 9.88. The van der Waals surface area contributed by atoms with Gasteiger partial charge in [0.05, 0.1) is 23.0 Å². The van der Waals surface area contributed by atoms with E-state index < -0.39 is 20.0 Å². The van der Waals surface area contributed by atoms with Crippen molar-refractivity contribution in [2.75, 3.05) is 26.3 Å². The average Bonchev–Trinajstić information content (AvgIpc) is 2.96. The second kappa shape index (κ2) is 12.3. The summed E-state index contributed by atoms with van der Waals surface area (Å²) in [5.74, 6) is 1.53. The molecule has 3 aliphatic rings. The Bertz CT molecular complexity index is 1640. The number of rotatable bonds is 4. The maximum atomic E-state index is 14.3. The number of hydrogen-bond donors (Lipinski definition) is 0. The molecule has 0 atom stereocenters. The first-order valence-corrected chi connectivity index (χ1v) is 19.1. The van der Waals surface area contributed by atoms with Crippen LogP contribution in [0.4, 0.5) is 0 Å². The number of nitrogens with zero attached hydrogens (tertiary/aromatic N) is 2. The first kappa shape index (κ1) is 35.1. The van der Waals surface area contributed by atoms with E-state index in [0.29, 0.717) is 41.5 Å². The molecule has 3 aliphatic heterocycles. The fourth-order valence-corrected chi connectivity index (χ4v) is 10.6. The largest absolute Gasteiger partial charge is 0.487 e. The van der Waals surface area contributed by atoms with Gasteiger partial charge in [0.2, 0.25) is 0 Å². The van der Waals surface area contributed by atoms with Crippen molar-refractivity contribution in [3.63, 3.8) is 0 Å². The molecule has 0 N–H and O–H groups in total. The normalized spacial score (nSPS) is 21.1. The number of ether oxygens (including phenoxy) is 2. The quantitative estimate of drug-likeness (QED) is 0.383. The third-order valence-corrected chi connectivity index (χ3v) is 13.7. The van der Waals surface area contributed by atoms with E-state index in [1.807, 2.05) is 55.4 Å². The van der Waals surface area contributed by atoms with E-state index in [4.69, 9.17) is 19.1 Å². The molecule has 0 spiro atoms. The second-order valence-electron chi connectivity index (χ2n) is 14.2. The lowest BCUT2D eigenvalue weighted by Gasteiger charge is -2.36. The van der Waals surface area contributed by atoms with Crippen molar-refractivity contribution < 1.29 is 36.0 Å². The number of benzene rings is 2. The van der Waals surface area contributed by atoms with Crippen LogP contribution in [0, 0.1) is 41.5 Å². The lowest BCUT2D eigenvalue weighted by Crippen LogP contribution is -2.40. The van der Waals surface area contributed by atoms with Crippen LogP contribution in [-0.4, -0.2) is 63.3 Å². The smallest absolute Gasteiger partial charge is 0.265 e. The van der Waals surface area contributed by atoms with Crippen LogP contribution in [0.25, 0.3) is 0 Å². The first-order chi connectivity index (χ1) is 21.3. The first-order valence-electron chi connectivity index (χ1n) is 16.2. The Morgan fingerprint density at radius 2 is 0.913 bits per heavy atom. The molecule has 0 radical (unpaired) electrons. The second-order valence-corrected chi connectivity index (χ2v) is 17.7. The molecular formula is C34H50N2O8S2. The van der Waals surface area contributed by atoms with E-state index in [1.54, 1.807) is 13.8 Å². The summed E-state index contributed by atoms with van der Waals surface area (Å²) in [4.78, 5) is 12.2. The van der Waals surface area contributed by atoms with Gasteiger partial charge in [-0.1, -0.05) is 8.94 Å². The summed E-state index contributed by atoms with van der Waals surface area (Å²) in [6, 6.07) is 0. The minimum Gasteiger partial charge on any atom is -0.487 e. The predicted molar refractivity (Wildman–Crippen MR) is 176 cm³/mol. The van der Waals surface area contributed by atoms with E-state index in [9.17, 15) is 16.8 Å². The van der Waals surface area contributed by atoms with Crippen molar-refractivity contribution in [3.05, 3.63) is 44.5 Å². The molecule has 2 aromatic rings. The van der Waals surface area contributed by atoms with Crippen molar-refractivity contribution in [1.82, 2.24) is 8.94 Å². The van der Waals surface area contributed by atoms with Gasteiger partial charge < -0.3 is 9.47 Å². The summed E-state index contributed by atoms with van der Waals surface area (Å²) < 4.78 is 71.7. The minimum atomic E-state index is -4.09. The van der Waals surface area contributed by atoms with Gasteiger partial charge >= 0.3 is 0 Å². The zero-order chi connectivity index (χ0) is 34.0. The number of fused-ring (bicyclic) bond motifs is 2. The highest BCUT2D eigenvalue weighted by Gasteiger charge is 2.39. The molecular weight excluding hydrogens is 629 g/mol. The van der Waals surface area contributed by atoms with Crippen molar-refractivity contribution in [2.24, 2.45) is 0 Å². The summed E-state index contributed by atoms with van der Waals surface area (Å²) in [7, 11) is -8.17. The summed E-state index contributed by atoms with van der Waals surface area (Å²) in [5, 5.41) is 0. The van der Waals surface area contributed by atoms with Gasteiger partial charge in [-0.2, -0.15) is 0 Å². The highest BCUT2D eigenvalue weighted by molar-refractivity contribution is 7.89. The Morgan fingerprint density at radius 3 is 1.28 bits per heavy atom. The molecule has 5 rings (SSSR count). The maximum absolute atomic E-state index is 14.3. The Balaban J connectivity index is 1.44. The molecule has 1 saturated heterocycles. The van der Waals surface area contributed by atoms with Crippen LogP contribution in [0.2, 0.25) is 0 Å². The molecule has 0 aromatic heterocycles. The van der Waals surface area contributed by atoms with Crippen LogP contribution < -0.4 is 9.47 Å². The van der Waals surface area contributed by atoms with Crippen molar-refractivity contribution in [2.45, 2.75) is 129 Å². The van der Waals surface area contributed by atoms with Gasteiger partial charge in [0.15, 0.2) is 0 Å². The molecule has 10 nitrogen and oxygen atoms in total. The monoisotopic (exact) mass is 678 g/mol. The molecule has 3 heterocycles. The third kappa shape index (κ3) is 6.21. The fourth-order valence-electron chi connectivity index (χ4n) is 6.90. The summed E-state index contributed by atoms with van der Waals surface area (Å²) in [6.07, 6.45) is 3.45. The molecule has 0 amide bonds. The van der Waals surface area contributed by atoms with Gasteiger partial charge in [-0.25, -0.2) is 16.8 Å². The molecule has 0 saturated carbocycles. The molecule has 1 fully saturated rings. The lowest BCUT2D eigenvalue weighted by molar-refractivity contribution is -0.133. The number of hydroxylamine groups is 2.